The molecular weight excluding hydrogens is 270 g/mol. The second kappa shape index (κ2) is 6.85. The second-order valence-corrected chi connectivity index (χ2v) is 10.3. The molecule has 2 N–H and O–H groups in total. The predicted octanol–water partition coefficient (Wildman–Crippen LogP) is 0.470. The summed E-state index contributed by atoms with van der Waals surface area (Å²) in [5.41, 5.74) is 6.48. The molecule has 2 rings (SSSR count). The summed E-state index contributed by atoms with van der Waals surface area (Å²) in [5.74, 6) is 0. The van der Waals surface area contributed by atoms with Gasteiger partial charge >= 0.3 is 0 Å². The Morgan fingerprint density at radius 3 is 2.37 bits per heavy atom. The van der Waals surface area contributed by atoms with Crippen molar-refractivity contribution in [2.75, 3.05) is 13.2 Å². The number of hydrogen-bond donors (Lipinski definition) is 1. The molecule has 0 spiro atoms. The molecule has 2 aliphatic rings. The van der Waals surface area contributed by atoms with Gasteiger partial charge in [-0.05, 0) is 51.4 Å². The van der Waals surface area contributed by atoms with Crippen LogP contribution in [0.5, 0.6) is 0 Å². The van der Waals surface area contributed by atoms with E-state index in [1.807, 2.05) is 0 Å². The van der Waals surface area contributed by atoms with Crippen LogP contribution in [-0.4, -0.2) is 49.5 Å². The van der Waals surface area contributed by atoms with Gasteiger partial charge in [-0.3, -0.25) is 0 Å². The monoisotopic (exact) mass is 301 g/mol. The summed E-state index contributed by atoms with van der Waals surface area (Å²) in [4.78, 5) is 0. The highest BCUT2D eigenvalue weighted by Gasteiger charge is 2.37. The maximum atomic E-state index is 6.48. The highest BCUT2D eigenvalue weighted by Crippen LogP contribution is 2.32. The Morgan fingerprint density at radius 2 is 1.84 bits per heavy atom. The van der Waals surface area contributed by atoms with Crippen molar-refractivity contribution in [1.82, 2.24) is 0 Å². The fraction of sp³-hybridized carbons (Fsp3) is 1.00. The van der Waals surface area contributed by atoms with Crippen LogP contribution in [0.3, 0.4) is 0 Å². The maximum Gasteiger partial charge on any atom is 0.0631 e. The quantitative estimate of drug-likeness (QED) is 0.751. The number of ether oxygens (including phenoxy) is 2. The van der Waals surface area contributed by atoms with Crippen LogP contribution in [0.2, 0.25) is 6.55 Å². The van der Waals surface area contributed by atoms with Crippen molar-refractivity contribution in [2.24, 2.45) is 5.73 Å². The highest BCUT2D eigenvalue weighted by molar-refractivity contribution is 6.37. The van der Waals surface area contributed by atoms with Crippen LogP contribution < -0.4 is 5.73 Å². The second-order valence-electron chi connectivity index (χ2n) is 6.61. The molecule has 2 heterocycles. The Bertz CT molecular complexity index is 277. The molecule has 0 aromatic heterocycles. The van der Waals surface area contributed by atoms with Crippen LogP contribution in [0.1, 0.15) is 51.4 Å². The lowest BCUT2D eigenvalue weighted by Crippen LogP contribution is -2.53. The van der Waals surface area contributed by atoms with Crippen molar-refractivity contribution < 1.29 is 9.47 Å². The summed E-state index contributed by atoms with van der Waals surface area (Å²) in [6.07, 6.45) is 9.81. The van der Waals surface area contributed by atoms with Crippen LogP contribution in [0.15, 0.2) is 0 Å². The minimum Gasteiger partial charge on any atom is -0.379 e. The van der Waals surface area contributed by atoms with Gasteiger partial charge in [-0.2, -0.15) is 0 Å². The van der Waals surface area contributed by atoms with Gasteiger partial charge in [0.05, 0.1) is 20.0 Å². The molecule has 0 aromatic rings. The SMILES string of the molecule is C[SiH2]C1(CCC(N)C2([SiH3])CCCCO2)CCCCO1. The third-order valence-corrected chi connectivity index (χ3v) is 9.00. The molecule has 5 heteroatoms. The standard InChI is InChI=1S/C14H31NO2Si2/c1-19-13(7-2-4-10-16-13)9-6-12(15)14(18)8-3-5-11-17-14/h12H,2-11,15,19H2,1,18H3. The molecule has 0 saturated carbocycles. The highest BCUT2D eigenvalue weighted by atomic mass is 28.2. The molecule has 0 bridgehead atoms. The molecule has 0 amide bonds. The van der Waals surface area contributed by atoms with Gasteiger partial charge in [-0.1, -0.05) is 6.55 Å². The van der Waals surface area contributed by atoms with Gasteiger partial charge in [0.15, 0.2) is 0 Å². The largest absolute Gasteiger partial charge is 0.379 e. The van der Waals surface area contributed by atoms with E-state index in [1.54, 1.807) is 0 Å². The Hall–Kier alpha value is 0.314. The van der Waals surface area contributed by atoms with Gasteiger partial charge in [0.25, 0.3) is 0 Å². The van der Waals surface area contributed by atoms with E-state index in [1.165, 1.54) is 44.9 Å². The lowest BCUT2D eigenvalue weighted by Gasteiger charge is -2.42. The number of nitrogens with two attached hydrogens (primary N) is 1. The summed E-state index contributed by atoms with van der Waals surface area (Å²) in [7, 11) is 0.921. The van der Waals surface area contributed by atoms with Gasteiger partial charge in [0.1, 0.15) is 0 Å². The Balaban J connectivity index is 1.86. The lowest BCUT2D eigenvalue weighted by molar-refractivity contribution is -0.0506. The molecule has 0 aliphatic carbocycles. The first-order valence-corrected chi connectivity index (χ1v) is 11.3. The van der Waals surface area contributed by atoms with E-state index in [0.717, 1.165) is 29.9 Å². The zero-order valence-electron chi connectivity index (χ0n) is 12.7. The van der Waals surface area contributed by atoms with Crippen molar-refractivity contribution in [3.05, 3.63) is 0 Å². The van der Waals surface area contributed by atoms with Gasteiger partial charge < -0.3 is 15.2 Å². The molecule has 3 atom stereocenters. The minimum absolute atomic E-state index is 0.0450. The Labute approximate surface area is 123 Å². The zero-order valence-corrected chi connectivity index (χ0v) is 16.2. The Kier molecular flexibility index (Phi) is 5.66. The third-order valence-electron chi connectivity index (χ3n) is 5.27. The van der Waals surface area contributed by atoms with Crippen LogP contribution in [0, 0.1) is 0 Å². The fourth-order valence-electron chi connectivity index (χ4n) is 3.53. The first-order valence-electron chi connectivity index (χ1n) is 8.14. The van der Waals surface area contributed by atoms with Crippen LogP contribution in [0.25, 0.3) is 0 Å². The van der Waals surface area contributed by atoms with E-state index in [0.29, 0.717) is 0 Å². The third kappa shape index (κ3) is 3.91. The normalized spacial score (nSPS) is 38.8. The molecule has 0 aromatic carbocycles. The summed E-state index contributed by atoms with van der Waals surface area (Å²) in [6.45, 7) is 4.28. The van der Waals surface area contributed by atoms with Gasteiger partial charge in [0, 0.05) is 29.5 Å². The summed E-state index contributed by atoms with van der Waals surface area (Å²) in [6, 6.07) is 0.224. The molecule has 3 nitrogen and oxygen atoms in total. The van der Waals surface area contributed by atoms with Gasteiger partial charge in [0.2, 0.25) is 0 Å². The molecule has 0 radical (unpaired) electrons. The van der Waals surface area contributed by atoms with Crippen LogP contribution >= 0.6 is 0 Å². The summed E-state index contributed by atoms with van der Waals surface area (Å²) in [5, 5.41) is 0.297. The number of rotatable bonds is 5. The van der Waals surface area contributed by atoms with Crippen molar-refractivity contribution >= 4 is 19.8 Å². The zero-order chi connectivity index (χ0) is 13.8. The lowest BCUT2D eigenvalue weighted by atomic mass is 9.94. The average Bonchev–Trinajstić information content (AvgIpc) is 2.46. The molecule has 112 valence electrons. The van der Waals surface area contributed by atoms with Crippen molar-refractivity contribution in [3.8, 4) is 0 Å². The van der Waals surface area contributed by atoms with E-state index in [-0.39, 0.29) is 26.0 Å². The van der Waals surface area contributed by atoms with Gasteiger partial charge in [-0.25, -0.2) is 0 Å². The first kappa shape index (κ1) is 15.7. The van der Waals surface area contributed by atoms with Crippen LogP contribution in [0.4, 0.5) is 0 Å². The summed E-state index contributed by atoms with van der Waals surface area (Å²) < 4.78 is 12.2. The van der Waals surface area contributed by atoms with Crippen LogP contribution in [-0.2, 0) is 9.47 Å². The molecule has 2 aliphatic heterocycles. The van der Waals surface area contributed by atoms with Gasteiger partial charge in [-0.15, -0.1) is 0 Å². The molecule has 2 saturated heterocycles. The van der Waals surface area contributed by atoms with E-state index in [2.05, 4.69) is 6.55 Å². The molecular formula is C14H31NO2Si2. The topological polar surface area (TPSA) is 44.5 Å². The predicted molar refractivity (Wildman–Crippen MR) is 86.6 cm³/mol. The molecule has 3 unspecified atom stereocenters. The smallest absolute Gasteiger partial charge is 0.0631 e. The summed E-state index contributed by atoms with van der Waals surface area (Å²) >= 11 is 0. The fourth-order valence-corrected chi connectivity index (χ4v) is 5.89. The number of hydrogen-bond acceptors (Lipinski definition) is 3. The first-order chi connectivity index (χ1) is 9.10. The average molecular weight is 302 g/mol. The maximum absolute atomic E-state index is 6.48. The van der Waals surface area contributed by atoms with E-state index in [4.69, 9.17) is 15.2 Å². The minimum atomic E-state index is -0.136. The molecule has 2 fully saturated rings. The Morgan fingerprint density at radius 1 is 1.16 bits per heavy atom. The molecule has 19 heavy (non-hydrogen) atoms. The van der Waals surface area contributed by atoms with E-state index in [9.17, 15) is 0 Å². The van der Waals surface area contributed by atoms with E-state index < -0.39 is 0 Å². The van der Waals surface area contributed by atoms with Crippen molar-refractivity contribution in [3.63, 3.8) is 0 Å². The van der Waals surface area contributed by atoms with E-state index >= 15 is 0 Å². The van der Waals surface area contributed by atoms with Crippen molar-refractivity contribution in [1.29, 1.82) is 0 Å². The van der Waals surface area contributed by atoms with Crippen molar-refractivity contribution in [2.45, 2.75) is 74.4 Å².